The van der Waals surface area contributed by atoms with Crippen molar-refractivity contribution in [1.82, 2.24) is 5.32 Å². The number of hydrogen-bond donors (Lipinski definition) is 1. The highest BCUT2D eigenvalue weighted by Gasteiger charge is 2.27. The van der Waals surface area contributed by atoms with E-state index in [0.29, 0.717) is 0 Å². The second-order valence-electron chi connectivity index (χ2n) is 6.31. The minimum atomic E-state index is 0.758. The van der Waals surface area contributed by atoms with Crippen LogP contribution in [0.1, 0.15) is 72.6 Å². The van der Waals surface area contributed by atoms with E-state index in [1.165, 1.54) is 57.2 Å². The lowest BCUT2D eigenvalue weighted by Gasteiger charge is -2.35. The van der Waals surface area contributed by atoms with Gasteiger partial charge in [-0.1, -0.05) is 47.0 Å². The van der Waals surface area contributed by atoms with Crippen LogP contribution in [0.25, 0.3) is 0 Å². The lowest BCUT2D eigenvalue weighted by Crippen LogP contribution is -2.41. The highest BCUT2D eigenvalue weighted by molar-refractivity contribution is 7.99. The average molecular weight is 286 g/mol. The average Bonchev–Trinajstić information content (AvgIpc) is 2.47. The smallest absolute Gasteiger partial charge is 0.0186 e. The van der Waals surface area contributed by atoms with Crippen molar-refractivity contribution in [3.8, 4) is 0 Å². The van der Waals surface area contributed by atoms with Crippen LogP contribution in [-0.4, -0.2) is 23.6 Å². The van der Waals surface area contributed by atoms with Gasteiger partial charge < -0.3 is 5.32 Å². The second kappa shape index (κ2) is 10.1. The zero-order chi connectivity index (χ0) is 14.1. The second-order valence-corrected chi connectivity index (χ2v) is 7.79. The Kier molecular flexibility index (Phi) is 9.23. The van der Waals surface area contributed by atoms with E-state index in [1.54, 1.807) is 0 Å². The fraction of sp³-hybridized carbons (Fsp3) is 1.00. The van der Waals surface area contributed by atoms with Crippen LogP contribution in [-0.2, 0) is 0 Å². The summed E-state index contributed by atoms with van der Waals surface area (Å²) in [5.41, 5.74) is 0. The van der Waals surface area contributed by atoms with Crippen molar-refractivity contribution in [2.45, 2.75) is 83.9 Å². The third kappa shape index (κ3) is 6.53. The Morgan fingerprint density at radius 2 is 2.00 bits per heavy atom. The SMILES string of the molecule is CCCNC(CSC(C)CC)C1CCCC(CC)C1. The summed E-state index contributed by atoms with van der Waals surface area (Å²) < 4.78 is 0. The van der Waals surface area contributed by atoms with Crippen LogP contribution in [0.5, 0.6) is 0 Å². The van der Waals surface area contributed by atoms with Crippen LogP contribution in [0.15, 0.2) is 0 Å². The van der Waals surface area contributed by atoms with E-state index >= 15 is 0 Å². The molecule has 19 heavy (non-hydrogen) atoms. The van der Waals surface area contributed by atoms with Gasteiger partial charge in [-0.05, 0) is 44.1 Å². The van der Waals surface area contributed by atoms with Crippen molar-refractivity contribution in [3.63, 3.8) is 0 Å². The van der Waals surface area contributed by atoms with Gasteiger partial charge in [0.05, 0.1) is 0 Å². The predicted molar refractivity (Wildman–Crippen MR) is 90.0 cm³/mol. The Morgan fingerprint density at radius 3 is 2.63 bits per heavy atom. The molecule has 4 atom stereocenters. The Bertz CT molecular complexity index is 219. The fourth-order valence-electron chi connectivity index (χ4n) is 3.15. The normalized spacial score (nSPS) is 27.2. The van der Waals surface area contributed by atoms with Crippen molar-refractivity contribution in [2.24, 2.45) is 11.8 Å². The first-order valence-corrected chi connectivity index (χ1v) is 9.61. The molecule has 1 nitrogen and oxygen atoms in total. The summed E-state index contributed by atoms with van der Waals surface area (Å²) in [6.45, 7) is 10.5. The standard InChI is InChI=1S/C17H35NS/c1-5-11-18-17(13-19-14(4)6-2)16-10-8-9-15(7-3)12-16/h14-18H,5-13H2,1-4H3. The van der Waals surface area contributed by atoms with Crippen molar-refractivity contribution >= 4 is 11.8 Å². The van der Waals surface area contributed by atoms with Gasteiger partial charge >= 0.3 is 0 Å². The Balaban J connectivity index is 2.46. The van der Waals surface area contributed by atoms with Gasteiger partial charge in [-0.3, -0.25) is 0 Å². The van der Waals surface area contributed by atoms with Gasteiger partial charge in [-0.2, -0.15) is 11.8 Å². The molecule has 1 aliphatic carbocycles. The molecule has 0 spiro atoms. The molecule has 0 saturated heterocycles. The minimum absolute atomic E-state index is 0.758. The van der Waals surface area contributed by atoms with Crippen LogP contribution in [0, 0.1) is 11.8 Å². The van der Waals surface area contributed by atoms with E-state index in [1.807, 2.05) is 0 Å². The van der Waals surface area contributed by atoms with Gasteiger partial charge in [-0.25, -0.2) is 0 Å². The first kappa shape index (κ1) is 17.4. The van der Waals surface area contributed by atoms with Crippen LogP contribution in [0.4, 0.5) is 0 Å². The van der Waals surface area contributed by atoms with Crippen LogP contribution in [0.2, 0.25) is 0 Å². The van der Waals surface area contributed by atoms with E-state index in [0.717, 1.165) is 23.1 Å². The van der Waals surface area contributed by atoms with Gasteiger partial charge in [0.1, 0.15) is 0 Å². The number of hydrogen-bond acceptors (Lipinski definition) is 2. The van der Waals surface area contributed by atoms with Crippen molar-refractivity contribution < 1.29 is 0 Å². The summed E-state index contributed by atoms with van der Waals surface area (Å²) in [6.07, 6.45) is 9.81. The molecule has 1 fully saturated rings. The van der Waals surface area contributed by atoms with Gasteiger partial charge in [0.15, 0.2) is 0 Å². The summed E-state index contributed by atoms with van der Waals surface area (Å²) in [6, 6.07) is 0.758. The highest BCUT2D eigenvalue weighted by atomic mass is 32.2. The summed E-state index contributed by atoms with van der Waals surface area (Å²) in [5, 5.41) is 4.66. The molecular weight excluding hydrogens is 250 g/mol. The van der Waals surface area contributed by atoms with E-state index in [2.05, 4.69) is 44.8 Å². The van der Waals surface area contributed by atoms with Crippen LogP contribution in [0.3, 0.4) is 0 Å². The predicted octanol–water partition coefficient (Wildman–Crippen LogP) is 5.10. The molecule has 1 rings (SSSR count). The van der Waals surface area contributed by atoms with Gasteiger partial charge in [0.2, 0.25) is 0 Å². The molecule has 2 heteroatoms. The lowest BCUT2D eigenvalue weighted by molar-refractivity contribution is 0.218. The molecule has 1 aliphatic rings. The first-order valence-electron chi connectivity index (χ1n) is 8.56. The number of rotatable bonds is 9. The molecule has 0 amide bonds. The van der Waals surface area contributed by atoms with Crippen molar-refractivity contribution in [1.29, 1.82) is 0 Å². The van der Waals surface area contributed by atoms with Crippen molar-refractivity contribution in [2.75, 3.05) is 12.3 Å². The number of thioether (sulfide) groups is 1. The third-order valence-electron chi connectivity index (χ3n) is 4.76. The fourth-order valence-corrected chi connectivity index (χ4v) is 4.31. The minimum Gasteiger partial charge on any atom is -0.313 e. The maximum absolute atomic E-state index is 3.84. The molecule has 0 aliphatic heterocycles. The molecule has 1 N–H and O–H groups in total. The summed E-state index contributed by atoms with van der Waals surface area (Å²) >= 11 is 2.17. The van der Waals surface area contributed by atoms with Crippen LogP contribution < -0.4 is 5.32 Å². The molecule has 0 radical (unpaired) electrons. The quantitative estimate of drug-likeness (QED) is 0.632. The summed E-state index contributed by atoms with van der Waals surface area (Å²) in [5.74, 6) is 3.25. The summed E-state index contributed by atoms with van der Waals surface area (Å²) in [4.78, 5) is 0. The van der Waals surface area contributed by atoms with Gasteiger partial charge in [0.25, 0.3) is 0 Å². The van der Waals surface area contributed by atoms with E-state index in [9.17, 15) is 0 Å². The topological polar surface area (TPSA) is 12.0 Å². The maximum atomic E-state index is 3.84. The van der Waals surface area contributed by atoms with Crippen LogP contribution >= 0.6 is 11.8 Å². The molecule has 114 valence electrons. The largest absolute Gasteiger partial charge is 0.313 e. The Hall–Kier alpha value is 0.310. The monoisotopic (exact) mass is 285 g/mol. The van der Waals surface area contributed by atoms with E-state index < -0.39 is 0 Å². The van der Waals surface area contributed by atoms with Crippen molar-refractivity contribution in [3.05, 3.63) is 0 Å². The first-order chi connectivity index (χ1) is 9.21. The van der Waals surface area contributed by atoms with Gasteiger partial charge in [-0.15, -0.1) is 0 Å². The summed E-state index contributed by atoms with van der Waals surface area (Å²) in [7, 11) is 0. The molecule has 0 bridgehead atoms. The number of nitrogens with one attached hydrogen (secondary N) is 1. The van der Waals surface area contributed by atoms with Gasteiger partial charge in [0, 0.05) is 17.0 Å². The zero-order valence-corrected chi connectivity index (χ0v) is 14.4. The third-order valence-corrected chi connectivity index (χ3v) is 6.22. The molecule has 0 aromatic rings. The Labute approximate surface area is 125 Å². The molecule has 0 aromatic carbocycles. The lowest BCUT2D eigenvalue weighted by atomic mass is 9.77. The molecule has 0 heterocycles. The maximum Gasteiger partial charge on any atom is 0.0186 e. The molecule has 4 unspecified atom stereocenters. The van der Waals surface area contributed by atoms with E-state index in [-0.39, 0.29) is 0 Å². The van der Waals surface area contributed by atoms with E-state index in [4.69, 9.17) is 0 Å². The zero-order valence-electron chi connectivity index (χ0n) is 13.6. The molecule has 1 saturated carbocycles. The highest BCUT2D eigenvalue weighted by Crippen LogP contribution is 2.34. The Morgan fingerprint density at radius 1 is 1.21 bits per heavy atom. The molecule has 0 aromatic heterocycles. The molecular formula is C17H35NS.